The number of aromatic nitrogens is 1. The Morgan fingerprint density at radius 3 is 3.07 bits per heavy atom. The van der Waals surface area contributed by atoms with Crippen LogP contribution in [0, 0.1) is 0 Å². The first-order valence-corrected chi connectivity index (χ1v) is 4.37. The molecular weight excluding hydrogens is 178 g/mol. The van der Waals surface area contributed by atoms with E-state index in [1.165, 1.54) is 0 Å². The topological polar surface area (TPSA) is 70.9 Å². The maximum atomic E-state index is 11.1. The van der Waals surface area contributed by atoms with Crippen molar-refractivity contribution in [2.24, 2.45) is 5.73 Å². The fourth-order valence-electron chi connectivity index (χ4n) is 1.40. The SMILES string of the molecule is NCC(=O)Nc1cccc2[nH]ccc12. The summed E-state index contributed by atoms with van der Waals surface area (Å²) in [5.74, 6) is -0.182. The van der Waals surface area contributed by atoms with E-state index in [4.69, 9.17) is 5.73 Å². The molecule has 0 fully saturated rings. The highest BCUT2D eigenvalue weighted by Crippen LogP contribution is 2.21. The summed E-state index contributed by atoms with van der Waals surface area (Å²) >= 11 is 0. The standard InChI is InChI=1S/C10H11N3O/c11-6-10(14)13-9-3-1-2-8-7(9)4-5-12-8/h1-5,12H,6,11H2,(H,13,14). The molecule has 0 aliphatic carbocycles. The van der Waals surface area contributed by atoms with Gasteiger partial charge in [-0.3, -0.25) is 4.79 Å². The van der Waals surface area contributed by atoms with Gasteiger partial charge < -0.3 is 16.0 Å². The molecule has 1 aromatic heterocycles. The molecule has 0 saturated heterocycles. The number of fused-ring (bicyclic) bond motifs is 1. The normalized spacial score (nSPS) is 10.4. The van der Waals surface area contributed by atoms with Crippen LogP contribution in [0.25, 0.3) is 10.9 Å². The highest BCUT2D eigenvalue weighted by atomic mass is 16.1. The molecular formula is C10H11N3O. The van der Waals surface area contributed by atoms with Crippen molar-refractivity contribution in [1.29, 1.82) is 0 Å². The van der Waals surface area contributed by atoms with E-state index in [0.717, 1.165) is 16.6 Å². The fraction of sp³-hybridized carbons (Fsp3) is 0.100. The lowest BCUT2D eigenvalue weighted by molar-refractivity contribution is -0.114. The highest BCUT2D eigenvalue weighted by molar-refractivity contribution is 6.01. The van der Waals surface area contributed by atoms with Crippen LogP contribution in [0.2, 0.25) is 0 Å². The van der Waals surface area contributed by atoms with Crippen LogP contribution >= 0.6 is 0 Å². The summed E-state index contributed by atoms with van der Waals surface area (Å²) in [5, 5.41) is 3.73. The smallest absolute Gasteiger partial charge is 0.238 e. The molecule has 0 saturated carbocycles. The number of H-pyrrole nitrogens is 1. The van der Waals surface area contributed by atoms with Crippen LogP contribution < -0.4 is 11.1 Å². The molecule has 1 heterocycles. The molecule has 0 aliphatic heterocycles. The Balaban J connectivity index is 2.41. The number of aromatic amines is 1. The van der Waals surface area contributed by atoms with Crippen LogP contribution in [0.15, 0.2) is 30.5 Å². The Hall–Kier alpha value is -1.81. The predicted octanol–water partition coefficient (Wildman–Crippen LogP) is 1.07. The Labute approximate surface area is 81.1 Å². The molecule has 0 atom stereocenters. The van der Waals surface area contributed by atoms with Crippen molar-refractivity contribution in [3.05, 3.63) is 30.5 Å². The number of hydrogen-bond acceptors (Lipinski definition) is 2. The lowest BCUT2D eigenvalue weighted by Gasteiger charge is -2.04. The van der Waals surface area contributed by atoms with Gasteiger partial charge >= 0.3 is 0 Å². The minimum Gasteiger partial charge on any atom is -0.361 e. The van der Waals surface area contributed by atoms with Gasteiger partial charge in [-0.1, -0.05) is 6.07 Å². The van der Waals surface area contributed by atoms with Gasteiger partial charge in [0.1, 0.15) is 0 Å². The first kappa shape index (κ1) is 8.77. The second kappa shape index (κ2) is 3.51. The van der Waals surface area contributed by atoms with Crippen LogP contribution in [0.3, 0.4) is 0 Å². The zero-order chi connectivity index (χ0) is 9.97. The average Bonchev–Trinajstić information content (AvgIpc) is 2.66. The third kappa shape index (κ3) is 1.47. The lowest BCUT2D eigenvalue weighted by atomic mass is 10.2. The second-order valence-corrected chi connectivity index (χ2v) is 3.00. The second-order valence-electron chi connectivity index (χ2n) is 3.00. The number of carbonyl (C=O) groups excluding carboxylic acids is 1. The van der Waals surface area contributed by atoms with Crippen molar-refractivity contribution < 1.29 is 4.79 Å². The monoisotopic (exact) mass is 189 g/mol. The molecule has 0 radical (unpaired) electrons. The Morgan fingerprint density at radius 2 is 2.29 bits per heavy atom. The van der Waals surface area contributed by atoms with Crippen LogP contribution in [-0.2, 0) is 4.79 Å². The lowest BCUT2D eigenvalue weighted by Crippen LogP contribution is -2.21. The van der Waals surface area contributed by atoms with E-state index in [-0.39, 0.29) is 12.5 Å². The molecule has 0 unspecified atom stereocenters. The van der Waals surface area contributed by atoms with E-state index in [1.54, 1.807) is 0 Å². The Kier molecular flexibility index (Phi) is 2.20. The van der Waals surface area contributed by atoms with Crippen molar-refractivity contribution in [2.75, 3.05) is 11.9 Å². The van der Waals surface area contributed by atoms with Crippen LogP contribution in [0.1, 0.15) is 0 Å². The van der Waals surface area contributed by atoms with Gasteiger partial charge in [0.2, 0.25) is 5.91 Å². The minimum atomic E-state index is -0.182. The highest BCUT2D eigenvalue weighted by Gasteiger charge is 2.03. The zero-order valence-electron chi connectivity index (χ0n) is 7.58. The summed E-state index contributed by atoms with van der Waals surface area (Å²) in [6, 6.07) is 7.60. The summed E-state index contributed by atoms with van der Waals surface area (Å²) in [5.41, 5.74) is 7.01. The van der Waals surface area contributed by atoms with Gasteiger partial charge in [0.25, 0.3) is 0 Å². The molecule has 2 aromatic rings. The van der Waals surface area contributed by atoms with E-state index < -0.39 is 0 Å². The maximum absolute atomic E-state index is 11.1. The van der Waals surface area contributed by atoms with Crippen molar-refractivity contribution in [3.63, 3.8) is 0 Å². The van der Waals surface area contributed by atoms with Crippen LogP contribution in [-0.4, -0.2) is 17.4 Å². The van der Waals surface area contributed by atoms with Crippen molar-refractivity contribution in [2.45, 2.75) is 0 Å². The average molecular weight is 189 g/mol. The number of rotatable bonds is 2. The number of nitrogens with one attached hydrogen (secondary N) is 2. The van der Waals surface area contributed by atoms with E-state index in [9.17, 15) is 4.79 Å². The number of anilines is 1. The Morgan fingerprint density at radius 1 is 1.43 bits per heavy atom. The van der Waals surface area contributed by atoms with Crippen LogP contribution in [0.4, 0.5) is 5.69 Å². The van der Waals surface area contributed by atoms with Crippen molar-refractivity contribution >= 4 is 22.5 Å². The van der Waals surface area contributed by atoms with Gasteiger partial charge in [-0.25, -0.2) is 0 Å². The van der Waals surface area contributed by atoms with Crippen molar-refractivity contribution in [1.82, 2.24) is 4.98 Å². The number of carbonyl (C=O) groups is 1. The third-order valence-corrected chi connectivity index (χ3v) is 2.05. The van der Waals surface area contributed by atoms with E-state index in [1.807, 2.05) is 30.5 Å². The molecule has 1 aromatic carbocycles. The van der Waals surface area contributed by atoms with E-state index in [2.05, 4.69) is 10.3 Å². The quantitative estimate of drug-likeness (QED) is 0.661. The van der Waals surface area contributed by atoms with Gasteiger partial charge in [-0.15, -0.1) is 0 Å². The number of nitrogens with two attached hydrogens (primary N) is 1. The van der Waals surface area contributed by atoms with Gasteiger partial charge in [0, 0.05) is 17.1 Å². The molecule has 0 aliphatic rings. The number of benzene rings is 1. The van der Waals surface area contributed by atoms with Gasteiger partial charge in [-0.2, -0.15) is 0 Å². The fourth-order valence-corrected chi connectivity index (χ4v) is 1.40. The summed E-state index contributed by atoms with van der Waals surface area (Å²) < 4.78 is 0. The zero-order valence-corrected chi connectivity index (χ0v) is 7.58. The summed E-state index contributed by atoms with van der Waals surface area (Å²) in [4.78, 5) is 14.2. The number of hydrogen-bond donors (Lipinski definition) is 3. The summed E-state index contributed by atoms with van der Waals surface area (Å²) in [6.45, 7) is 0.000804. The predicted molar refractivity (Wildman–Crippen MR) is 56.0 cm³/mol. The van der Waals surface area contributed by atoms with E-state index in [0.29, 0.717) is 0 Å². The molecule has 0 spiro atoms. The first-order chi connectivity index (χ1) is 6.81. The summed E-state index contributed by atoms with van der Waals surface area (Å²) in [6.07, 6.45) is 1.84. The maximum Gasteiger partial charge on any atom is 0.238 e. The largest absolute Gasteiger partial charge is 0.361 e. The first-order valence-electron chi connectivity index (χ1n) is 4.37. The Bertz CT molecular complexity index is 461. The molecule has 0 bridgehead atoms. The van der Waals surface area contributed by atoms with Crippen molar-refractivity contribution in [3.8, 4) is 0 Å². The minimum absolute atomic E-state index is 0.000804. The molecule has 4 heteroatoms. The van der Waals surface area contributed by atoms with Gasteiger partial charge in [0.15, 0.2) is 0 Å². The van der Waals surface area contributed by atoms with Gasteiger partial charge in [-0.05, 0) is 18.2 Å². The molecule has 2 rings (SSSR count). The van der Waals surface area contributed by atoms with E-state index >= 15 is 0 Å². The molecule has 4 nitrogen and oxygen atoms in total. The number of amides is 1. The van der Waals surface area contributed by atoms with Gasteiger partial charge in [0.05, 0.1) is 12.2 Å². The van der Waals surface area contributed by atoms with Crippen LogP contribution in [0.5, 0.6) is 0 Å². The third-order valence-electron chi connectivity index (χ3n) is 2.05. The molecule has 1 amide bonds. The molecule has 14 heavy (non-hydrogen) atoms. The molecule has 4 N–H and O–H groups in total. The summed E-state index contributed by atoms with van der Waals surface area (Å²) in [7, 11) is 0. The molecule has 72 valence electrons.